The quantitative estimate of drug-likeness (QED) is 0.621. The minimum absolute atomic E-state index is 0. The maximum absolute atomic E-state index is 11.8. The molecule has 0 saturated heterocycles. The lowest BCUT2D eigenvalue weighted by Gasteiger charge is -2.05. The zero-order chi connectivity index (χ0) is 14.8. The lowest BCUT2D eigenvalue weighted by molar-refractivity contribution is 0.0948. The van der Waals surface area contributed by atoms with E-state index in [0.29, 0.717) is 31.3 Å². The largest absolute Gasteiger partial charge is 0.383 e. The molecule has 0 aromatic carbocycles. The Bertz CT molecular complexity index is 398. The molecule has 0 aliphatic rings. The van der Waals surface area contributed by atoms with Gasteiger partial charge in [0.2, 0.25) is 0 Å². The Morgan fingerprint density at radius 2 is 2.14 bits per heavy atom. The van der Waals surface area contributed by atoms with Gasteiger partial charge in [-0.05, 0) is 12.3 Å². The number of nitrogens with one attached hydrogen (secondary N) is 2. The summed E-state index contributed by atoms with van der Waals surface area (Å²) in [5.41, 5.74) is 0.366. The second-order valence-electron chi connectivity index (χ2n) is 5.05. The van der Waals surface area contributed by atoms with E-state index in [1.165, 1.54) is 0 Å². The molecule has 1 aromatic heterocycles. The number of nitrogens with zero attached hydrogens (tertiary/aromatic N) is 3. The van der Waals surface area contributed by atoms with E-state index < -0.39 is 0 Å². The SMILES string of the molecule is COCCNCCNC(=O)c1cn(CCC(C)C)nn1.Cl. The van der Waals surface area contributed by atoms with Gasteiger partial charge in [0.1, 0.15) is 0 Å². The second kappa shape index (κ2) is 11.5. The van der Waals surface area contributed by atoms with Gasteiger partial charge < -0.3 is 15.4 Å². The Morgan fingerprint density at radius 1 is 1.38 bits per heavy atom. The molecule has 1 heterocycles. The first-order chi connectivity index (χ1) is 9.63. The van der Waals surface area contributed by atoms with Crippen LogP contribution in [0.3, 0.4) is 0 Å². The van der Waals surface area contributed by atoms with Crippen molar-refractivity contribution in [3.63, 3.8) is 0 Å². The highest BCUT2D eigenvalue weighted by Gasteiger charge is 2.09. The minimum Gasteiger partial charge on any atom is -0.383 e. The highest BCUT2D eigenvalue weighted by Crippen LogP contribution is 2.02. The number of ether oxygens (including phenoxy) is 1. The van der Waals surface area contributed by atoms with E-state index in [9.17, 15) is 4.79 Å². The first-order valence-corrected chi connectivity index (χ1v) is 7.01. The fraction of sp³-hybridized carbons (Fsp3) is 0.769. The number of halogens is 1. The number of carbonyl (C=O) groups excluding carboxylic acids is 1. The molecular formula is C13H26ClN5O2. The lowest BCUT2D eigenvalue weighted by atomic mass is 10.1. The van der Waals surface area contributed by atoms with Crippen LogP contribution in [0.5, 0.6) is 0 Å². The number of rotatable bonds is 10. The van der Waals surface area contributed by atoms with Crippen LogP contribution in [0.4, 0.5) is 0 Å². The summed E-state index contributed by atoms with van der Waals surface area (Å²) < 4.78 is 6.62. The zero-order valence-corrected chi connectivity index (χ0v) is 13.8. The van der Waals surface area contributed by atoms with Gasteiger partial charge in [0.15, 0.2) is 5.69 Å². The van der Waals surface area contributed by atoms with Gasteiger partial charge in [-0.25, -0.2) is 0 Å². The summed E-state index contributed by atoms with van der Waals surface area (Å²) in [5.74, 6) is 0.420. The molecule has 2 N–H and O–H groups in total. The van der Waals surface area contributed by atoms with Crippen molar-refractivity contribution in [3.05, 3.63) is 11.9 Å². The van der Waals surface area contributed by atoms with Crippen molar-refractivity contribution >= 4 is 18.3 Å². The topological polar surface area (TPSA) is 81.1 Å². The second-order valence-corrected chi connectivity index (χ2v) is 5.05. The van der Waals surface area contributed by atoms with E-state index in [0.717, 1.165) is 19.5 Å². The standard InChI is InChI=1S/C13H25N5O2.ClH/c1-11(2)4-8-18-10-12(16-17-18)13(19)15-6-5-14-7-9-20-3;/h10-11,14H,4-9H2,1-3H3,(H,15,19);1H. The molecule has 0 bridgehead atoms. The Hall–Kier alpha value is -1.18. The van der Waals surface area contributed by atoms with Crippen molar-refractivity contribution in [3.8, 4) is 0 Å². The fourth-order valence-corrected chi connectivity index (χ4v) is 1.56. The molecule has 0 unspecified atom stereocenters. The molecule has 0 atom stereocenters. The van der Waals surface area contributed by atoms with Gasteiger partial charge in [0, 0.05) is 33.3 Å². The molecule has 1 amide bonds. The molecule has 0 saturated carbocycles. The van der Waals surface area contributed by atoms with Crippen LogP contribution in [0.2, 0.25) is 0 Å². The van der Waals surface area contributed by atoms with Crippen LogP contribution in [-0.2, 0) is 11.3 Å². The summed E-state index contributed by atoms with van der Waals surface area (Å²) in [6.45, 7) is 7.80. The number of hydrogen-bond acceptors (Lipinski definition) is 5. The average Bonchev–Trinajstić information content (AvgIpc) is 2.89. The van der Waals surface area contributed by atoms with Crippen molar-refractivity contribution in [1.29, 1.82) is 0 Å². The van der Waals surface area contributed by atoms with Crippen molar-refractivity contribution < 1.29 is 9.53 Å². The van der Waals surface area contributed by atoms with Crippen molar-refractivity contribution in [2.75, 3.05) is 33.4 Å². The molecule has 1 aromatic rings. The van der Waals surface area contributed by atoms with Crippen LogP contribution in [0.25, 0.3) is 0 Å². The maximum atomic E-state index is 11.8. The minimum atomic E-state index is -0.186. The first kappa shape index (κ1) is 19.8. The maximum Gasteiger partial charge on any atom is 0.273 e. The number of aryl methyl sites for hydroxylation is 1. The third kappa shape index (κ3) is 8.64. The molecular weight excluding hydrogens is 294 g/mol. The van der Waals surface area contributed by atoms with E-state index >= 15 is 0 Å². The zero-order valence-electron chi connectivity index (χ0n) is 13.0. The molecule has 8 heteroatoms. The molecule has 0 aliphatic heterocycles. The van der Waals surface area contributed by atoms with Gasteiger partial charge in [-0.3, -0.25) is 9.48 Å². The highest BCUT2D eigenvalue weighted by molar-refractivity contribution is 5.91. The summed E-state index contributed by atoms with van der Waals surface area (Å²) in [4.78, 5) is 11.8. The summed E-state index contributed by atoms with van der Waals surface area (Å²) in [6, 6.07) is 0. The number of carbonyl (C=O) groups is 1. The molecule has 0 aliphatic carbocycles. The van der Waals surface area contributed by atoms with E-state index in [4.69, 9.17) is 4.74 Å². The molecule has 1 rings (SSSR count). The van der Waals surface area contributed by atoms with Gasteiger partial charge >= 0.3 is 0 Å². The van der Waals surface area contributed by atoms with Gasteiger partial charge in [-0.1, -0.05) is 19.1 Å². The predicted molar refractivity (Wildman–Crippen MR) is 83.8 cm³/mol. The van der Waals surface area contributed by atoms with Gasteiger partial charge in [0.05, 0.1) is 12.8 Å². The predicted octanol–water partition coefficient (Wildman–Crippen LogP) is 0.712. The first-order valence-electron chi connectivity index (χ1n) is 7.01. The molecule has 122 valence electrons. The highest BCUT2D eigenvalue weighted by atomic mass is 35.5. The molecule has 0 fully saturated rings. The summed E-state index contributed by atoms with van der Waals surface area (Å²) in [7, 11) is 1.66. The van der Waals surface area contributed by atoms with E-state index in [1.807, 2.05) is 0 Å². The van der Waals surface area contributed by atoms with Crippen molar-refractivity contribution in [2.24, 2.45) is 5.92 Å². The number of aromatic nitrogens is 3. The summed E-state index contributed by atoms with van der Waals surface area (Å²) >= 11 is 0. The summed E-state index contributed by atoms with van der Waals surface area (Å²) in [5, 5.41) is 13.8. The van der Waals surface area contributed by atoms with Gasteiger partial charge in [0.25, 0.3) is 5.91 Å². The van der Waals surface area contributed by atoms with Crippen LogP contribution in [0, 0.1) is 5.92 Å². The van der Waals surface area contributed by atoms with Crippen LogP contribution in [0.15, 0.2) is 6.20 Å². The monoisotopic (exact) mass is 319 g/mol. The van der Waals surface area contributed by atoms with Crippen LogP contribution < -0.4 is 10.6 Å². The number of amides is 1. The van der Waals surface area contributed by atoms with E-state index in [-0.39, 0.29) is 18.3 Å². The number of methoxy groups -OCH3 is 1. The van der Waals surface area contributed by atoms with Gasteiger partial charge in [-0.15, -0.1) is 17.5 Å². The molecule has 7 nitrogen and oxygen atoms in total. The Kier molecular flexibility index (Phi) is 10.8. The lowest BCUT2D eigenvalue weighted by Crippen LogP contribution is -2.33. The third-order valence-electron chi connectivity index (χ3n) is 2.78. The van der Waals surface area contributed by atoms with Crippen molar-refractivity contribution in [2.45, 2.75) is 26.8 Å². The number of hydrogen-bond donors (Lipinski definition) is 2. The average molecular weight is 320 g/mol. The molecule has 21 heavy (non-hydrogen) atoms. The van der Waals surface area contributed by atoms with Crippen LogP contribution in [-0.4, -0.2) is 54.3 Å². The van der Waals surface area contributed by atoms with E-state index in [2.05, 4.69) is 34.8 Å². The Morgan fingerprint density at radius 3 is 2.81 bits per heavy atom. The molecule has 0 spiro atoms. The van der Waals surface area contributed by atoms with Crippen LogP contribution >= 0.6 is 12.4 Å². The van der Waals surface area contributed by atoms with Crippen molar-refractivity contribution in [1.82, 2.24) is 25.6 Å². The normalized spacial score (nSPS) is 10.5. The van der Waals surface area contributed by atoms with E-state index in [1.54, 1.807) is 18.0 Å². The Labute approximate surface area is 132 Å². The van der Waals surface area contributed by atoms with Gasteiger partial charge in [-0.2, -0.15) is 0 Å². The Balaban J connectivity index is 0.00000400. The smallest absolute Gasteiger partial charge is 0.273 e. The summed E-state index contributed by atoms with van der Waals surface area (Å²) in [6.07, 6.45) is 2.71. The fourth-order valence-electron chi connectivity index (χ4n) is 1.56. The third-order valence-corrected chi connectivity index (χ3v) is 2.78. The molecule has 0 radical (unpaired) electrons. The van der Waals surface area contributed by atoms with Crippen LogP contribution in [0.1, 0.15) is 30.8 Å².